The highest BCUT2D eigenvalue weighted by Gasteiger charge is 2.31. The van der Waals surface area contributed by atoms with E-state index in [9.17, 15) is 9.59 Å². The Labute approximate surface area is 148 Å². The predicted octanol–water partition coefficient (Wildman–Crippen LogP) is 0.856. The van der Waals surface area contributed by atoms with Crippen LogP contribution in [0.3, 0.4) is 0 Å². The maximum absolute atomic E-state index is 12.8. The second-order valence-corrected chi connectivity index (χ2v) is 6.34. The number of nitrogens with zero attached hydrogens (tertiary/aromatic N) is 2. The number of H-pyrrole nitrogens is 1. The third-order valence-electron chi connectivity index (χ3n) is 4.64. The predicted molar refractivity (Wildman–Crippen MR) is 93.2 cm³/mol. The fourth-order valence-electron chi connectivity index (χ4n) is 3.32. The van der Waals surface area contributed by atoms with Crippen molar-refractivity contribution in [3.63, 3.8) is 0 Å². The topological polar surface area (TPSA) is 90.1 Å². The molecule has 3 heterocycles. The van der Waals surface area contributed by atoms with Crippen LogP contribution in [-0.2, 0) is 17.8 Å². The lowest BCUT2D eigenvalue weighted by molar-refractivity contribution is -0.126. The number of piperidine rings is 1. The van der Waals surface area contributed by atoms with Gasteiger partial charge < -0.3 is 15.5 Å². The van der Waals surface area contributed by atoms with Gasteiger partial charge in [-0.15, -0.1) is 12.4 Å². The van der Waals surface area contributed by atoms with Crippen LogP contribution in [0.5, 0.6) is 0 Å². The minimum atomic E-state index is -0.104. The van der Waals surface area contributed by atoms with Gasteiger partial charge in [-0.25, -0.2) is 0 Å². The van der Waals surface area contributed by atoms with Crippen molar-refractivity contribution in [3.8, 4) is 0 Å². The van der Waals surface area contributed by atoms with E-state index in [0.717, 1.165) is 43.5 Å². The van der Waals surface area contributed by atoms with Crippen LogP contribution in [0.1, 0.15) is 47.9 Å². The van der Waals surface area contributed by atoms with Gasteiger partial charge in [-0.3, -0.25) is 14.7 Å². The van der Waals surface area contributed by atoms with Crippen molar-refractivity contribution in [2.45, 2.75) is 39.2 Å². The SMILES string of the molecule is CCCNC(=O)C1CCCN(C(=O)c2n[nH]c3c2CNCC3)C1.Cl. The van der Waals surface area contributed by atoms with E-state index in [0.29, 0.717) is 31.9 Å². The highest BCUT2D eigenvalue weighted by atomic mass is 35.5. The lowest BCUT2D eigenvalue weighted by Crippen LogP contribution is -2.46. The second kappa shape index (κ2) is 8.48. The Morgan fingerprint density at radius 2 is 2.25 bits per heavy atom. The fourth-order valence-corrected chi connectivity index (χ4v) is 3.32. The van der Waals surface area contributed by atoms with Crippen LogP contribution in [0.2, 0.25) is 0 Å². The Balaban J connectivity index is 0.00000208. The molecule has 2 amide bonds. The molecule has 0 spiro atoms. The van der Waals surface area contributed by atoms with E-state index in [1.165, 1.54) is 0 Å². The average molecular weight is 356 g/mol. The van der Waals surface area contributed by atoms with Crippen molar-refractivity contribution in [2.24, 2.45) is 5.92 Å². The molecule has 0 aliphatic carbocycles. The van der Waals surface area contributed by atoms with Gasteiger partial charge in [-0.05, 0) is 19.3 Å². The third-order valence-corrected chi connectivity index (χ3v) is 4.64. The summed E-state index contributed by atoms with van der Waals surface area (Å²) < 4.78 is 0. The molecule has 1 aromatic rings. The summed E-state index contributed by atoms with van der Waals surface area (Å²) in [6.45, 7) is 5.51. The molecule has 3 N–H and O–H groups in total. The molecule has 1 fully saturated rings. The fraction of sp³-hybridized carbons (Fsp3) is 0.688. The maximum atomic E-state index is 12.8. The molecule has 0 radical (unpaired) electrons. The summed E-state index contributed by atoms with van der Waals surface area (Å²) in [5, 5.41) is 13.4. The molecule has 3 rings (SSSR count). The van der Waals surface area contributed by atoms with Crippen molar-refractivity contribution in [2.75, 3.05) is 26.2 Å². The molecule has 2 aliphatic heterocycles. The molecule has 0 aromatic carbocycles. The maximum Gasteiger partial charge on any atom is 0.274 e. The zero-order chi connectivity index (χ0) is 16.2. The lowest BCUT2D eigenvalue weighted by Gasteiger charge is -2.32. The first-order chi connectivity index (χ1) is 11.2. The molecule has 1 saturated heterocycles. The number of aromatic amines is 1. The first-order valence-electron chi connectivity index (χ1n) is 8.54. The van der Waals surface area contributed by atoms with Crippen LogP contribution < -0.4 is 10.6 Å². The van der Waals surface area contributed by atoms with E-state index in [-0.39, 0.29) is 30.1 Å². The molecule has 134 valence electrons. The van der Waals surface area contributed by atoms with Crippen molar-refractivity contribution >= 4 is 24.2 Å². The molecule has 0 saturated carbocycles. The van der Waals surface area contributed by atoms with Crippen molar-refractivity contribution in [1.82, 2.24) is 25.7 Å². The van der Waals surface area contributed by atoms with Gasteiger partial charge in [-0.2, -0.15) is 5.10 Å². The molecule has 1 aromatic heterocycles. The molecule has 8 heteroatoms. The Hall–Kier alpha value is -1.60. The molecule has 7 nitrogen and oxygen atoms in total. The molecule has 2 aliphatic rings. The van der Waals surface area contributed by atoms with Gasteiger partial charge in [0, 0.05) is 50.4 Å². The van der Waals surface area contributed by atoms with Crippen molar-refractivity contribution < 1.29 is 9.59 Å². The molecule has 1 unspecified atom stereocenters. The first-order valence-corrected chi connectivity index (χ1v) is 8.54. The summed E-state index contributed by atoms with van der Waals surface area (Å²) in [7, 11) is 0. The van der Waals surface area contributed by atoms with E-state index in [1.54, 1.807) is 4.90 Å². The normalized spacial score (nSPS) is 20.0. The number of hydrogen-bond acceptors (Lipinski definition) is 4. The lowest BCUT2D eigenvalue weighted by atomic mass is 9.96. The quantitative estimate of drug-likeness (QED) is 0.747. The standard InChI is InChI=1S/C16H25N5O2.ClH/c1-2-6-18-15(22)11-4-3-8-21(10-11)16(23)14-12-9-17-7-5-13(12)19-20-14;/h11,17H,2-10H2,1H3,(H,18,22)(H,19,20);1H. The zero-order valence-electron chi connectivity index (χ0n) is 14.1. The van der Waals surface area contributed by atoms with Crippen molar-refractivity contribution in [3.05, 3.63) is 17.0 Å². The smallest absolute Gasteiger partial charge is 0.274 e. The number of aromatic nitrogens is 2. The number of carbonyl (C=O) groups excluding carboxylic acids is 2. The zero-order valence-corrected chi connectivity index (χ0v) is 14.9. The van der Waals surface area contributed by atoms with Gasteiger partial charge in [-0.1, -0.05) is 6.92 Å². The highest BCUT2D eigenvalue weighted by molar-refractivity contribution is 5.94. The number of rotatable bonds is 4. The number of carbonyl (C=O) groups is 2. The van der Waals surface area contributed by atoms with Gasteiger partial charge >= 0.3 is 0 Å². The number of halogens is 1. The second-order valence-electron chi connectivity index (χ2n) is 6.34. The summed E-state index contributed by atoms with van der Waals surface area (Å²) in [6.07, 6.45) is 3.51. The van der Waals surface area contributed by atoms with Crippen LogP contribution in [-0.4, -0.2) is 53.1 Å². The number of nitrogens with one attached hydrogen (secondary N) is 3. The molecular weight excluding hydrogens is 330 g/mol. The van der Waals surface area contributed by atoms with Crippen LogP contribution in [0.4, 0.5) is 0 Å². The van der Waals surface area contributed by atoms with E-state index in [1.807, 2.05) is 6.92 Å². The molecule has 1 atom stereocenters. The van der Waals surface area contributed by atoms with E-state index in [4.69, 9.17) is 0 Å². The van der Waals surface area contributed by atoms with Crippen LogP contribution in [0.25, 0.3) is 0 Å². The number of hydrogen-bond donors (Lipinski definition) is 3. The Morgan fingerprint density at radius 3 is 3.04 bits per heavy atom. The van der Waals surface area contributed by atoms with Crippen LogP contribution >= 0.6 is 12.4 Å². The van der Waals surface area contributed by atoms with Gasteiger partial charge in [0.25, 0.3) is 5.91 Å². The summed E-state index contributed by atoms with van der Waals surface area (Å²) in [4.78, 5) is 26.7. The number of fused-ring (bicyclic) bond motifs is 1. The monoisotopic (exact) mass is 355 g/mol. The van der Waals surface area contributed by atoms with E-state index >= 15 is 0 Å². The number of likely N-dealkylation sites (tertiary alicyclic amines) is 1. The first kappa shape index (κ1) is 18.7. The average Bonchev–Trinajstić information content (AvgIpc) is 3.03. The Morgan fingerprint density at radius 1 is 1.42 bits per heavy atom. The van der Waals surface area contributed by atoms with Gasteiger partial charge in [0.2, 0.25) is 5.91 Å². The van der Waals surface area contributed by atoms with Gasteiger partial charge in [0.05, 0.1) is 5.92 Å². The Bertz CT molecular complexity index is 589. The minimum absolute atomic E-state index is 0. The molecular formula is C16H26ClN5O2. The van der Waals surface area contributed by atoms with E-state index < -0.39 is 0 Å². The minimum Gasteiger partial charge on any atom is -0.356 e. The highest BCUT2D eigenvalue weighted by Crippen LogP contribution is 2.22. The summed E-state index contributed by atoms with van der Waals surface area (Å²) in [5.74, 6) is -0.0959. The van der Waals surface area contributed by atoms with Gasteiger partial charge in [0.15, 0.2) is 5.69 Å². The van der Waals surface area contributed by atoms with Crippen LogP contribution in [0, 0.1) is 5.92 Å². The molecule has 24 heavy (non-hydrogen) atoms. The molecule has 0 bridgehead atoms. The Kier molecular flexibility index (Phi) is 6.62. The summed E-state index contributed by atoms with van der Waals surface area (Å²) >= 11 is 0. The van der Waals surface area contributed by atoms with Crippen molar-refractivity contribution in [1.29, 1.82) is 0 Å². The largest absolute Gasteiger partial charge is 0.356 e. The number of amides is 2. The van der Waals surface area contributed by atoms with E-state index in [2.05, 4.69) is 20.8 Å². The third kappa shape index (κ3) is 3.89. The van der Waals surface area contributed by atoms with Crippen LogP contribution in [0.15, 0.2) is 0 Å². The van der Waals surface area contributed by atoms with Gasteiger partial charge in [0.1, 0.15) is 0 Å². The summed E-state index contributed by atoms with van der Waals surface area (Å²) in [6, 6.07) is 0. The summed E-state index contributed by atoms with van der Waals surface area (Å²) in [5.41, 5.74) is 2.56.